The number of nitriles is 1. The molecule has 0 bridgehead atoms. The number of rotatable bonds is 3. The first-order chi connectivity index (χ1) is 8.06. The molecule has 0 spiro atoms. The van der Waals surface area contributed by atoms with Crippen molar-refractivity contribution in [3.63, 3.8) is 0 Å². The third-order valence-electron chi connectivity index (χ3n) is 2.15. The summed E-state index contributed by atoms with van der Waals surface area (Å²) in [6, 6.07) is -0.274. The molecule has 0 aromatic heterocycles. The molecule has 2 nitrogen and oxygen atoms in total. The third-order valence-corrected chi connectivity index (χ3v) is 2.15. The fourth-order valence-corrected chi connectivity index (χ4v) is 1.16. The number of ether oxygens (including phenoxy) is 1. The summed E-state index contributed by atoms with van der Waals surface area (Å²) in [5.41, 5.74) is -0.489. The third kappa shape index (κ3) is 2.24. The van der Waals surface area contributed by atoms with Crippen LogP contribution in [0.3, 0.4) is 0 Å². The molecule has 1 aromatic carbocycles. The smallest absolute Gasteiger partial charge is 0.172 e. The summed E-state index contributed by atoms with van der Waals surface area (Å²) in [6.45, 7) is 0.232. The van der Waals surface area contributed by atoms with E-state index in [0.29, 0.717) is 5.92 Å². The largest absolute Gasteiger partial charge is 0.489 e. The number of halogens is 2. The van der Waals surface area contributed by atoms with Crippen molar-refractivity contribution in [1.29, 1.82) is 5.26 Å². The van der Waals surface area contributed by atoms with Crippen LogP contribution in [0.5, 0.6) is 5.75 Å². The van der Waals surface area contributed by atoms with Gasteiger partial charge < -0.3 is 4.74 Å². The molecule has 0 heterocycles. The Bertz CT molecular complexity index is 509. The molecular weight excluding hydrogens is 200 g/mol. The lowest BCUT2D eigenvalue weighted by molar-refractivity contribution is 0.283. The van der Waals surface area contributed by atoms with Crippen molar-refractivity contribution in [3.05, 3.63) is 29.3 Å². The minimum Gasteiger partial charge on any atom is -0.489 e. The standard InChI is InChI=1S/C11H9F2NO/c12-9-3-8(5-14)11(10(13)4-9)15-6-7-1-2-7/h3-4,7H,1-2,6H2/i3D,4D. The SMILES string of the molecule is [2H]c1c(F)c([2H])c(C#N)c(OCC2CC2)c1F. The fourth-order valence-electron chi connectivity index (χ4n) is 1.16. The van der Waals surface area contributed by atoms with Gasteiger partial charge in [-0.25, -0.2) is 8.78 Å². The van der Waals surface area contributed by atoms with E-state index in [-0.39, 0.29) is 6.61 Å². The zero-order valence-corrected chi connectivity index (χ0v) is 7.81. The predicted molar refractivity (Wildman–Crippen MR) is 49.3 cm³/mol. The molecule has 0 N–H and O–H groups in total. The molecule has 0 atom stereocenters. The molecule has 1 aliphatic carbocycles. The molecule has 0 aliphatic heterocycles. The van der Waals surface area contributed by atoms with Crippen molar-refractivity contribution in [1.82, 2.24) is 0 Å². The van der Waals surface area contributed by atoms with Crippen LogP contribution in [0.15, 0.2) is 12.1 Å². The van der Waals surface area contributed by atoms with Crippen LogP contribution < -0.4 is 4.74 Å². The fraction of sp³-hybridized carbons (Fsp3) is 0.364. The van der Waals surface area contributed by atoms with Crippen LogP contribution in [0, 0.1) is 28.9 Å². The van der Waals surface area contributed by atoms with E-state index in [9.17, 15) is 8.78 Å². The van der Waals surface area contributed by atoms with E-state index in [4.69, 9.17) is 12.7 Å². The van der Waals surface area contributed by atoms with E-state index in [1.54, 1.807) is 6.07 Å². The molecule has 2 rings (SSSR count). The molecule has 1 saturated carbocycles. The van der Waals surface area contributed by atoms with E-state index >= 15 is 0 Å². The predicted octanol–water partition coefficient (Wildman–Crippen LogP) is 2.63. The van der Waals surface area contributed by atoms with Crippen molar-refractivity contribution < 1.29 is 16.3 Å². The summed E-state index contributed by atoms with van der Waals surface area (Å²) in [4.78, 5) is 0. The lowest BCUT2D eigenvalue weighted by Gasteiger charge is -2.07. The zero-order valence-electron chi connectivity index (χ0n) is 9.81. The highest BCUT2D eigenvalue weighted by atomic mass is 19.1. The van der Waals surface area contributed by atoms with Gasteiger partial charge in [0.25, 0.3) is 0 Å². The van der Waals surface area contributed by atoms with Crippen LogP contribution >= 0.6 is 0 Å². The highest BCUT2D eigenvalue weighted by Crippen LogP contribution is 2.31. The molecule has 1 aliphatic rings. The molecule has 0 unspecified atom stereocenters. The Morgan fingerprint density at radius 3 is 2.87 bits per heavy atom. The van der Waals surface area contributed by atoms with E-state index in [1.807, 2.05) is 0 Å². The first-order valence-electron chi connectivity index (χ1n) is 5.57. The Labute approximate surface area is 88.9 Å². The Morgan fingerprint density at radius 1 is 1.53 bits per heavy atom. The van der Waals surface area contributed by atoms with Crippen molar-refractivity contribution in [2.45, 2.75) is 12.8 Å². The van der Waals surface area contributed by atoms with Gasteiger partial charge in [0, 0.05) is 6.04 Å². The first-order valence-corrected chi connectivity index (χ1v) is 4.57. The second-order valence-corrected chi connectivity index (χ2v) is 3.45. The minimum atomic E-state index is -1.34. The molecule has 0 saturated heterocycles. The Hall–Kier alpha value is -1.63. The summed E-state index contributed by atoms with van der Waals surface area (Å²) in [5, 5.41) is 8.78. The Kier molecular flexibility index (Phi) is 1.96. The van der Waals surface area contributed by atoms with Gasteiger partial charge in [0.15, 0.2) is 11.6 Å². The first kappa shape index (κ1) is 7.63. The highest BCUT2D eigenvalue weighted by Gasteiger charge is 2.23. The van der Waals surface area contributed by atoms with Gasteiger partial charge in [0.2, 0.25) is 0 Å². The van der Waals surface area contributed by atoms with Crippen LogP contribution in [-0.4, -0.2) is 6.61 Å². The molecule has 15 heavy (non-hydrogen) atoms. The van der Waals surface area contributed by atoms with E-state index in [0.717, 1.165) is 12.8 Å². The highest BCUT2D eigenvalue weighted by molar-refractivity contribution is 5.44. The zero-order chi connectivity index (χ0) is 12.6. The normalized spacial score (nSPS) is 16.6. The molecular formula is C11H9F2NO. The van der Waals surface area contributed by atoms with E-state index < -0.39 is 35.0 Å². The summed E-state index contributed by atoms with van der Waals surface area (Å²) in [7, 11) is 0. The minimum absolute atomic E-state index is 0.232. The maximum atomic E-state index is 13.6. The van der Waals surface area contributed by atoms with E-state index in [2.05, 4.69) is 0 Å². The van der Waals surface area contributed by atoms with Crippen LogP contribution in [0.25, 0.3) is 0 Å². The number of hydrogen-bond donors (Lipinski definition) is 0. The van der Waals surface area contributed by atoms with Gasteiger partial charge in [-0.3, -0.25) is 0 Å². The molecule has 1 aromatic rings. The summed E-state index contributed by atoms with van der Waals surface area (Å²) >= 11 is 0. The van der Waals surface area contributed by atoms with Crippen LogP contribution in [0.4, 0.5) is 8.78 Å². The van der Waals surface area contributed by atoms with Gasteiger partial charge in [-0.2, -0.15) is 5.26 Å². The number of benzene rings is 1. The average Bonchev–Trinajstić information content (AvgIpc) is 3.13. The molecule has 78 valence electrons. The number of nitrogens with zero attached hydrogens (tertiary/aromatic N) is 1. The van der Waals surface area contributed by atoms with Gasteiger partial charge in [0.05, 0.1) is 14.9 Å². The quantitative estimate of drug-likeness (QED) is 0.769. The van der Waals surface area contributed by atoms with Gasteiger partial charge in [-0.05, 0) is 24.8 Å². The summed E-state index contributed by atoms with van der Waals surface area (Å²) < 4.78 is 46.3. The molecule has 4 heteroatoms. The average molecular weight is 211 g/mol. The van der Waals surface area contributed by atoms with Gasteiger partial charge in [-0.15, -0.1) is 0 Å². The van der Waals surface area contributed by atoms with Gasteiger partial charge in [0.1, 0.15) is 11.9 Å². The van der Waals surface area contributed by atoms with Crippen molar-refractivity contribution >= 4 is 0 Å². The summed E-state index contributed by atoms with van der Waals surface area (Å²) in [5.74, 6) is -2.70. The molecule has 0 amide bonds. The second-order valence-electron chi connectivity index (χ2n) is 3.45. The topological polar surface area (TPSA) is 33.0 Å². The van der Waals surface area contributed by atoms with E-state index in [1.165, 1.54) is 0 Å². The maximum absolute atomic E-state index is 13.6. The van der Waals surface area contributed by atoms with Gasteiger partial charge >= 0.3 is 0 Å². The lowest BCUT2D eigenvalue weighted by atomic mass is 10.2. The monoisotopic (exact) mass is 211 g/mol. The second kappa shape index (κ2) is 3.85. The molecule has 1 fully saturated rings. The number of hydrogen-bond acceptors (Lipinski definition) is 2. The summed E-state index contributed by atoms with van der Waals surface area (Å²) in [6.07, 6.45) is 1.96. The Balaban J connectivity index is 2.43. The van der Waals surface area contributed by atoms with Crippen LogP contribution in [0.1, 0.15) is 21.1 Å². The van der Waals surface area contributed by atoms with Crippen molar-refractivity contribution in [2.75, 3.05) is 6.61 Å². The van der Waals surface area contributed by atoms with Crippen molar-refractivity contribution in [2.24, 2.45) is 5.92 Å². The Morgan fingerprint density at radius 2 is 2.27 bits per heavy atom. The van der Waals surface area contributed by atoms with Crippen LogP contribution in [-0.2, 0) is 0 Å². The van der Waals surface area contributed by atoms with Crippen molar-refractivity contribution in [3.8, 4) is 11.8 Å². The molecule has 0 radical (unpaired) electrons. The lowest BCUT2D eigenvalue weighted by Crippen LogP contribution is -2.03. The van der Waals surface area contributed by atoms with Gasteiger partial charge in [-0.1, -0.05) is 0 Å². The maximum Gasteiger partial charge on any atom is 0.172 e. The van der Waals surface area contributed by atoms with Crippen LogP contribution in [0.2, 0.25) is 0 Å².